The highest BCUT2D eigenvalue weighted by Gasteiger charge is 2.50. The van der Waals surface area contributed by atoms with E-state index in [-0.39, 0.29) is 41.5 Å². The van der Waals surface area contributed by atoms with E-state index in [9.17, 15) is 9.50 Å². The predicted molar refractivity (Wildman–Crippen MR) is 162 cm³/mol. The summed E-state index contributed by atoms with van der Waals surface area (Å²) in [5.41, 5.74) is 4.36. The molecular weight excluding hydrogens is 588 g/mol. The van der Waals surface area contributed by atoms with Gasteiger partial charge in [0.2, 0.25) is 0 Å². The first kappa shape index (κ1) is 29.5. The third-order valence-electron chi connectivity index (χ3n) is 10.8. The summed E-state index contributed by atoms with van der Waals surface area (Å²) in [4.78, 5) is 14.9. The van der Waals surface area contributed by atoms with Gasteiger partial charge in [-0.1, -0.05) is 11.6 Å². The van der Waals surface area contributed by atoms with Crippen molar-refractivity contribution in [3.8, 4) is 11.8 Å². The Balaban J connectivity index is 0.00000151. The summed E-state index contributed by atoms with van der Waals surface area (Å²) in [6.07, 6.45) is 8.87. The first-order valence-corrected chi connectivity index (χ1v) is 15.2. The average molecular weight is 627 g/mol. The van der Waals surface area contributed by atoms with Gasteiger partial charge in [0.1, 0.15) is 24.3 Å². The molecule has 1 aromatic heterocycles. The van der Waals surface area contributed by atoms with Crippen LogP contribution in [0.3, 0.4) is 0 Å². The minimum atomic E-state index is -0.782. The van der Waals surface area contributed by atoms with Crippen molar-refractivity contribution >= 4 is 42.2 Å². The number of alkyl halides is 1. The molecule has 7 nitrogen and oxygen atoms in total. The molecule has 224 valence electrons. The van der Waals surface area contributed by atoms with Crippen molar-refractivity contribution in [1.82, 2.24) is 20.2 Å². The molecule has 0 amide bonds. The highest BCUT2D eigenvalue weighted by atomic mass is 35.5. The molecular formula is C30H39Cl3FN5O2. The molecule has 5 heterocycles. The largest absolute Gasteiger partial charge is 0.508 e. The highest BCUT2D eigenvalue weighted by Crippen LogP contribution is 2.51. The molecule has 11 heteroatoms. The number of fused-ring (bicyclic) bond motifs is 6. The fourth-order valence-electron chi connectivity index (χ4n) is 8.91. The SMILES string of the molecule is Cl.Cl.Oc1cc(Cl)c2c(c1)[C@@]1(CC2)CCc2c(nc(OC[C@@]34CCCN3C[C@H](F)C4)nc2N2C[C@H]3CC[C@@H](C2)N3)C1. The number of phenols is 1. The number of nitrogens with zero attached hydrogens (tertiary/aromatic N) is 4. The number of hydrogen-bond acceptors (Lipinski definition) is 7. The number of aromatic nitrogens is 2. The van der Waals surface area contributed by atoms with Gasteiger partial charge in [-0.05, 0) is 87.6 Å². The van der Waals surface area contributed by atoms with Crippen LogP contribution < -0.4 is 15.0 Å². The molecule has 2 N–H and O–H groups in total. The average Bonchev–Trinajstić information content (AvgIpc) is 3.64. The second-order valence-electron chi connectivity index (χ2n) is 13.1. The summed E-state index contributed by atoms with van der Waals surface area (Å²) >= 11 is 6.57. The summed E-state index contributed by atoms with van der Waals surface area (Å²) in [6.45, 7) is 3.81. The summed E-state index contributed by atoms with van der Waals surface area (Å²) < 4.78 is 20.8. The fraction of sp³-hybridized carbons (Fsp3) is 0.667. The molecule has 2 bridgehead atoms. The Bertz CT molecular complexity index is 1320. The lowest BCUT2D eigenvalue weighted by Gasteiger charge is -2.39. The molecule has 0 radical (unpaired) electrons. The van der Waals surface area contributed by atoms with Gasteiger partial charge in [-0.15, -0.1) is 24.8 Å². The zero-order chi connectivity index (χ0) is 26.4. The van der Waals surface area contributed by atoms with Crippen molar-refractivity contribution in [3.05, 3.63) is 39.5 Å². The number of aromatic hydroxyl groups is 1. The Morgan fingerprint density at radius 2 is 1.80 bits per heavy atom. The van der Waals surface area contributed by atoms with Crippen LogP contribution in [0.5, 0.6) is 11.8 Å². The number of nitrogens with one attached hydrogen (secondary N) is 1. The summed E-state index contributed by atoms with van der Waals surface area (Å²) in [5, 5.41) is 14.8. The van der Waals surface area contributed by atoms with E-state index in [4.69, 9.17) is 26.3 Å². The molecule has 6 aliphatic rings. The topological polar surface area (TPSA) is 73.8 Å². The first-order chi connectivity index (χ1) is 18.9. The maximum absolute atomic E-state index is 14.4. The van der Waals surface area contributed by atoms with Crippen molar-refractivity contribution in [2.24, 2.45) is 0 Å². The number of rotatable bonds is 4. The zero-order valence-electron chi connectivity index (χ0n) is 23.2. The maximum atomic E-state index is 14.4. The lowest BCUT2D eigenvalue weighted by molar-refractivity contribution is 0.107. The molecule has 4 saturated heterocycles. The van der Waals surface area contributed by atoms with Crippen LogP contribution in [-0.4, -0.2) is 76.6 Å². The van der Waals surface area contributed by atoms with E-state index in [0.29, 0.717) is 42.7 Å². The normalized spacial score (nSPS) is 33.2. The highest BCUT2D eigenvalue weighted by molar-refractivity contribution is 6.31. The number of ether oxygens (including phenoxy) is 1. The van der Waals surface area contributed by atoms with Crippen LogP contribution in [0, 0.1) is 0 Å². The van der Waals surface area contributed by atoms with Crippen LogP contribution in [0.25, 0.3) is 0 Å². The minimum Gasteiger partial charge on any atom is -0.508 e. The molecule has 5 atom stereocenters. The predicted octanol–water partition coefficient (Wildman–Crippen LogP) is 4.95. The van der Waals surface area contributed by atoms with E-state index in [1.165, 1.54) is 29.5 Å². The van der Waals surface area contributed by atoms with Crippen LogP contribution in [0.4, 0.5) is 10.2 Å². The van der Waals surface area contributed by atoms with E-state index in [1.807, 2.05) is 6.07 Å². The van der Waals surface area contributed by atoms with Crippen molar-refractivity contribution in [2.75, 3.05) is 37.7 Å². The van der Waals surface area contributed by atoms with E-state index >= 15 is 0 Å². The molecule has 2 aliphatic carbocycles. The van der Waals surface area contributed by atoms with Crippen LogP contribution in [0.15, 0.2) is 12.1 Å². The van der Waals surface area contributed by atoms with E-state index in [2.05, 4.69) is 15.1 Å². The minimum absolute atomic E-state index is 0. The number of halogens is 4. The summed E-state index contributed by atoms with van der Waals surface area (Å²) in [6, 6.07) is 5.03. The quantitative estimate of drug-likeness (QED) is 0.498. The maximum Gasteiger partial charge on any atom is 0.318 e. The second kappa shape index (κ2) is 10.8. The van der Waals surface area contributed by atoms with Crippen molar-refractivity contribution < 1.29 is 14.2 Å². The smallest absolute Gasteiger partial charge is 0.318 e. The van der Waals surface area contributed by atoms with E-state index < -0.39 is 6.17 Å². The molecule has 4 fully saturated rings. The van der Waals surface area contributed by atoms with Crippen LogP contribution in [-0.2, 0) is 24.7 Å². The lowest BCUT2D eigenvalue weighted by atomic mass is 9.69. The van der Waals surface area contributed by atoms with Gasteiger partial charge in [-0.25, -0.2) is 4.39 Å². The number of anilines is 1. The Morgan fingerprint density at radius 3 is 2.59 bits per heavy atom. The summed E-state index contributed by atoms with van der Waals surface area (Å²) in [5.74, 6) is 1.27. The van der Waals surface area contributed by atoms with Gasteiger partial charge in [0.25, 0.3) is 0 Å². The summed E-state index contributed by atoms with van der Waals surface area (Å²) in [7, 11) is 0. The zero-order valence-corrected chi connectivity index (χ0v) is 25.6. The molecule has 8 rings (SSSR count). The molecule has 0 saturated carbocycles. The Labute approximate surface area is 258 Å². The van der Waals surface area contributed by atoms with Crippen molar-refractivity contribution in [3.63, 3.8) is 0 Å². The van der Waals surface area contributed by atoms with Gasteiger partial charge in [0.05, 0.1) is 11.2 Å². The second-order valence-corrected chi connectivity index (χ2v) is 13.5. The van der Waals surface area contributed by atoms with Gasteiger partial charge in [0.15, 0.2) is 0 Å². The third kappa shape index (κ3) is 4.86. The number of piperazine rings is 1. The van der Waals surface area contributed by atoms with Gasteiger partial charge >= 0.3 is 6.01 Å². The number of phenolic OH excluding ortho intramolecular Hbond substituents is 1. The number of benzene rings is 1. The third-order valence-corrected chi connectivity index (χ3v) is 11.1. The van der Waals surface area contributed by atoms with Crippen molar-refractivity contribution in [2.45, 2.75) is 93.4 Å². The van der Waals surface area contributed by atoms with Gasteiger partial charge < -0.3 is 20.1 Å². The van der Waals surface area contributed by atoms with Gasteiger partial charge in [0, 0.05) is 54.1 Å². The fourth-order valence-corrected chi connectivity index (χ4v) is 9.21. The molecule has 0 unspecified atom stereocenters. The standard InChI is InChI=1S/C30H37ClFN5O2.2ClH/c31-25-11-21(38)10-24-22(25)4-7-29(24)8-5-23-26(13-29)34-28(35-27(23)36-15-19-2-3-20(16-36)33-19)39-17-30-6-1-9-37(30)14-18(32)12-30;;/h10-11,18-20,33,38H,1-9,12-17H2;2*1H/t18-,19-,20+,29+,30+;;/m1../s1. The van der Waals surface area contributed by atoms with Crippen LogP contribution >= 0.6 is 36.4 Å². The van der Waals surface area contributed by atoms with E-state index in [0.717, 1.165) is 76.1 Å². The molecule has 4 aliphatic heterocycles. The Kier molecular flexibility index (Phi) is 7.80. The van der Waals surface area contributed by atoms with Crippen LogP contribution in [0.2, 0.25) is 5.02 Å². The van der Waals surface area contributed by atoms with Crippen molar-refractivity contribution in [1.29, 1.82) is 0 Å². The van der Waals surface area contributed by atoms with Gasteiger partial charge in [-0.3, -0.25) is 4.90 Å². The molecule has 1 aromatic carbocycles. The monoisotopic (exact) mass is 625 g/mol. The van der Waals surface area contributed by atoms with Crippen LogP contribution in [0.1, 0.15) is 67.3 Å². The first-order valence-electron chi connectivity index (χ1n) is 14.8. The number of hydrogen-bond donors (Lipinski definition) is 2. The Hall–Kier alpha value is -1.58. The molecule has 2 aromatic rings. The van der Waals surface area contributed by atoms with E-state index in [1.54, 1.807) is 6.07 Å². The Morgan fingerprint density at radius 1 is 1.05 bits per heavy atom. The molecule has 1 spiro atoms. The lowest BCUT2D eigenvalue weighted by Crippen LogP contribution is -2.52. The molecule has 41 heavy (non-hydrogen) atoms. The van der Waals surface area contributed by atoms with Gasteiger partial charge in [-0.2, -0.15) is 9.97 Å².